The molecule has 1 aromatic rings. The van der Waals surface area contributed by atoms with Crippen molar-refractivity contribution in [3.05, 3.63) is 10.6 Å². The average Bonchev–Trinajstić information content (AvgIpc) is 3.07. The SMILES string of the molecule is C[C@@H]1C(=O)O[C@H]2[C@H]1CC[C@@]1(C)Cc3sc(NC(=O)C[NH+](C)C)nc3[C@@H](C)[C@H]21. The third-order valence-electron chi connectivity index (χ3n) is 6.92. The van der Waals surface area contributed by atoms with Crippen LogP contribution in [0.5, 0.6) is 0 Å². The third kappa shape index (κ3) is 3.09. The van der Waals surface area contributed by atoms with Gasteiger partial charge in [0.15, 0.2) is 11.7 Å². The molecule has 1 aromatic heterocycles. The number of anilines is 1. The van der Waals surface area contributed by atoms with Gasteiger partial charge in [0.25, 0.3) is 5.91 Å². The third-order valence-corrected chi connectivity index (χ3v) is 7.90. The molecular weight excluding hydrogens is 362 g/mol. The van der Waals surface area contributed by atoms with Gasteiger partial charge in [-0.05, 0) is 24.7 Å². The number of quaternary nitrogens is 1. The molecule has 1 amide bonds. The molecule has 1 saturated heterocycles. The number of likely N-dealkylation sites (N-methyl/N-ethyl adjacent to an activating group) is 1. The van der Waals surface area contributed by atoms with E-state index in [0.29, 0.717) is 23.5 Å². The van der Waals surface area contributed by atoms with Gasteiger partial charge in [-0.1, -0.05) is 20.8 Å². The minimum atomic E-state index is -0.0373. The highest BCUT2D eigenvalue weighted by Gasteiger charge is 2.58. The van der Waals surface area contributed by atoms with Crippen LogP contribution in [0.3, 0.4) is 0 Å². The maximum Gasteiger partial charge on any atom is 0.309 e. The van der Waals surface area contributed by atoms with Crippen LogP contribution in [0.25, 0.3) is 0 Å². The molecule has 27 heavy (non-hydrogen) atoms. The highest BCUT2D eigenvalue weighted by Crippen LogP contribution is 2.59. The number of thiazole rings is 1. The summed E-state index contributed by atoms with van der Waals surface area (Å²) in [5, 5.41) is 3.67. The summed E-state index contributed by atoms with van der Waals surface area (Å²) in [7, 11) is 3.92. The summed E-state index contributed by atoms with van der Waals surface area (Å²) in [4.78, 5) is 31.5. The number of hydrogen-bond acceptors (Lipinski definition) is 5. The Morgan fingerprint density at radius 1 is 1.37 bits per heavy atom. The monoisotopic (exact) mass is 392 g/mol. The molecular formula is C20H30N3O3S+. The fourth-order valence-electron chi connectivity index (χ4n) is 5.62. The van der Waals surface area contributed by atoms with Crippen molar-refractivity contribution < 1.29 is 19.2 Å². The van der Waals surface area contributed by atoms with Crippen LogP contribution >= 0.6 is 11.3 Å². The molecule has 0 bridgehead atoms. The summed E-state index contributed by atoms with van der Waals surface area (Å²) < 4.78 is 5.88. The highest BCUT2D eigenvalue weighted by molar-refractivity contribution is 7.15. The van der Waals surface area contributed by atoms with Gasteiger partial charge in [0.1, 0.15) is 6.10 Å². The zero-order valence-electron chi connectivity index (χ0n) is 16.8. The number of hydrogen-bond donors (Lipinski definition) is 2. The number of rotatable bonds is 3. The van der Waals surface area contributed by atoms with Crippen LogP contribution < -0.4 is 10.2 Å². The Kier molecular flexibility index (Phi) is 4.58. The molecule has 148 valence electrons. The van der Waals surface area contributed by atoms with E-state index in [9.17, 15) is 9.59 Å². The maximum absolute atomic E-state index is 12.2. The quantitative estimate of drug-likeness (QED) is 0.765. The van der Waals surface area contributed by atoms with E-state index < -0.39 is 0 Å². The summed E-state index contributed by atoms with van der Waals surface area (Å²) in [6.07, 6.45) is 3.14. The zero-order chi connectivity index (χ0) is 19.5. The molecule has 1 saturated carbocycles. The summed E-state index contributed by atoms with van der Waals surface area (Å²) in [5.41, 5.74) is 1.21. The lowest BCUT2D eigenvalue weighted by molar-refractivity contribution is -0.849. The summed E-state index contributed by atoms with van der Waals surface area (Å²) >= 11 is 1.62. The number of nitrogens with zero attached hydrogens (tertiary/aromatic N) is 1. The van der Waals surface area contributed by atoms with Gasteiger partial charge < -0.3 is 9.64 Å². The second-order valence-corrected chi connectivity index (χ2v) is 10.4. The van der Waals surface area contributed by atoms with Gasteiger partial charge in [0.2, 0.25) is 0 Å². The smallest absolute Gasteiger partial charge is 0.309 e. The molecule has 6 nitrogen and oxygen atoms in total. The molecule has 2 fully saturated rings. The second kappa shape index (κ2) is 6.55. The number of nitrogens with one attached hydrogen (secondary N) is 2. The van der Waals surface area contributed by atoms with Crippen LogP contribution in [-0.4, -0.2) is 43.6 Å². The lowest BCUT2D eigenvalue weighted by atomic mass is 9.54. The fourth-order valence-corrected chi connectivity index (χ4v) is 6.90. The minimum Gasteiger partial charge on any atom is -0.461 e. The predicted molar refractivity (Wildman–Crippen MR) is 104 cm³/mol. The van der Waals surface area contributed by atoms with Crippen molar-refractivity contribution in [1.29, 1.82) is 0 Å². The minimum absolute atomic E-state index is 0.00371. The molecule has 0 aromatic carbocycles. The fraction of sp³-hybridized carbons (Fsp3) is 0.750. The Morgan fingerprint density at radius 3 is 2.81 bits per heavy atom. The average molecular weight is 393 g/mol. The maximum atomic E-state index is 12.2. The lowest BCUT2D eigenvalue weighted by Gasteiger charge is -2.51. The molecule has 6 atom stereocenters. The van der Waals surface area contributed by atoms with Crippen molar-refractivity contribution in [1.82, 2.24) is 4.98 Å². The van der Waals surface area contributed by atoms with Gasteiger partial charge in [0, 0.05) is 22.6 Å². The van der Waals surface area contributed by atoms with E-state index in [0.717, 1.165) is 29.9 Å². The van der Waals surface area contributed by atoms with Crippen molar-refractivity contribution >= 4 is 28.3 Å². The van der Waals surface area contributed by atoms with Crippen LogP contribution in [0.15, 0.2) is 0 Å². The van der Waals surface area contributed by atoms with Gasteiger partial charge in [-0.2, -0.15) is 0 Å². The zero-order valence-corrected chi connectivity index (χ0v) is 17.6. The van der Waals surface area contributed by atoms with Crippen LogP contribution in [0.2, 0.25) is 0 Å². The van der Waals surface area contributed by atoms with Crippen molar-refractivity contribution in [2.45, 2.75) is 52.1 Å². The molecule has 2 N–H and O–H groups in total. The summed E-state index contributed by atoms with van der Waals surface area (Å²) in [6.45, 7) is 7.00. The standard InChI is InChI=1S/C20H29N3O3S/c1-10-12-6-7-20(3)8-13-16(11(2)15(20)17(12)26-18(10)25)22-19(27-13)21-14(24)9-23(4)5/h10-12,15,17H,6-9H2,1-5H3,(H,21,22,24)/p+1/t10-,11-,12-,15+,17-,20-/m0/s1. The Labute approximate surface area is 164 Å². The topological polar surface area (TPSA) is 72.7 Å². The van der Waals surface area contributed by atoms with Crippen LogP contribution in [-0.2, 0) is 20.7 Å². The first-order valence-corrected chi connectivity index (χ1v) is 10.8. The van der Waals surface area contributed by atoms with Crippen molar-refractivity contribution in [3.63, 3.8) is 0 Å². The van der Waals surface area contributed by atoms with Gasteiger partial charge in [-0.3, -0.25) is 14.9 Å². The number of amides is 1. The first kappa shape index (κ1) is 18.9. The first-order chi connectivity index (χ1) is 12.7. The highest BCUT2D eigenvalue weighted by atomic mass is 32.1. The van der Waals surface area contributed by atoms with Crippen LogP contribution in [0.4, 0.5) is 5.13 Å². The summed E-state index contributed by atoms with van der Waals surface area (Å²) in [5.74, 6) is 0.827. The molecule has 2 heterocycles. The number of fused-ring (bicyclic) bond motifs is 4. The second-order valence-electron chi connectivity index (χ2n) is 9.30. The van der Waals surface area contributed by atoms with E-state index in [-0.39, 0.29) is 35.2 Å². The molecule has 2 aliphatic carbocycles. The Morgan fingerprint density at radius 2 is 2.11 bits per heavy atom. The van der Waals surface area contributed by atoms with E-state index in [1.807, 2.05) is 21.0 Å². The largest absolute Gasteiger partial charge is 0.461 e. The van der Waals surface area contributed by atoms with E-state index in [1.165, 1.54) is 4.88 Å². The molecule has 1 aliphatic heterocycles. The molecule has 7 heteroatoms. The molecule has 0 unspecified atom stereocenters. The molecule has 0 radical (unpaired) electrons. The predicted octanol–water partition coefficient (Wildman–Crippen LogP) is 1.48. The van der Waals surface area contributed by atoms with Crippen molar-refractivity contribution in [2.75, 3.05) is 26.0 Å². The number of aromatic nitrogens is 1. The lowest BCUT2D eigenvalue weighted by Crippen LogP contribution is -3.06. The van der Waals surface area contributed by atoms with Crippen molar-refractivity contribution in [2.24, 2.45) is 23.2 Å². The van der Waals surface area contributed by atoms with E-state index in [2.05, 4.69) is 19.2 Å². The Balaban J connectivity index is 1.61. The van der Waals surface area contributed by atoms with E-state index in [1.54, 1.807) is 11.3 Å². The number of carbonyl (C=O) groups is 2. The molecule has 4 rings (SSSR count). The molecule has 0 spiro atoms. The van der Waals surface area contributed by atoms with Crippen LogP contribution in [0, 0.1) is 23.2 Å². The molecule has 3 aliphatic rings. The van der Waals surface area contributed by atoms with Crippen molar-refractivity contribution in [3.8, 4) is 0 Å². The summed E-state index contributed by atoms with van der Waals surface area (Å²) in [6, 6.07) is 0. The van der Waals surface area contributed by atoms with E-state index in [4.69, 9.17) is 9.72 Å². The first-order valence-electron chi connectivity index (χ1n) is 9.98. The Hall–Kier alpha value is -1.47. The van der Waals surface area contributed by atoms with Gasteiger partial charge in [0.05, 0.1) is 25.7 Å². The van der Waals surface area contributed by atoms with Crippen LogP contribution in [0.1, 0.15) is 50.1 Å². The Bertz CT molecular complexity index is 777. The normalized spacial score (nSPS) is 37.4. The van der Waals surface area contributed by atoms with E-state index >= 15 is 0 Å². The number of carbonyl (C=O) groups excluding carboxylic acids is 2. The van der Waals surface area contributed by atoms with Gasteiger partial charge in [-0.25, -0.2) is 4.98 Å². The van der Waals surface area contributed by atoms with Gasteiger partial charge >= 0.3 is 5.97 Å². The van der Waals surface area contributed by atoms with Gasteiger partial charge in [-0.15, -0.1) is 11.3 Å². The number of ether oxygens (including phenoxy) is 1. The number of esters is 1.